The first-order chi connectivity index (χ1) is 7.59. The van der Waals surface area contributed by atoms with E-state index in [2.05, 4.69) is 24.1 Å². The van der Waals surface area contributed by atoms with Gasteiger partial charge in [0.1, 0.15) is 5.69 Å². The average molecular weight is 222 g/mol. The van der Waals surface area contributed by atoms with Crippen molar-refractivity contribution >= 4 is 5.91 Å². The quantitative estimate of drug-likeness (QED) is 0.740. The molecule has 1 aliphatic heterocycles. The van der Waals surface area contributed by atoms with E-state index in [1.807, 2.05) is 11.9 Å². The molecule has 1 amide bonds. The number of hydrogen-bond donors (Lipinski definition) is 1. The Hall–Kier alpha value is -1.36. The number of nitrogens with zero attached hydrogens (tertiary/aromatic N) is 3. The first-order valence-electron chi connectivity index (χ1n) is 5.62. The Balaban J connectivity index is 2.15. The van der Waals surface area contributed by atoms with Crippen molar-refractivity contribution in [3.05, 3.63) is 18.2 Å². The maximum Gasteiger partial charge on any atom is 0.274 e. The molecule has 2 heterocycles. The van der Waals surface area contributed by atoms with E-state index in [1.54, 1.807) is 17.1 Å². The Kier molecular flexibility index (Phi) is 2.96. The minimum absolute atomic E-state index is 0.0291. The van der Waals surface area contributed by atoms with Gasteiger partial charge in [-0.2, -0.15) is 0 Å². The van der Waals surface area contributed by atoms with E-state index in [0.717, 1.165) is 13.1 Å². The molecule has 0 aromatic carbocycles. The van der Waals surface area contributed by atoms with Crippen LogP contribution in [0.3, 0.4) is 0 Å². The molecule has 0 aliphatic carbocycles. The van der Waals surface area contributed by atoms with Crippen molar-refractivity contribution in [2.75, 3.05) is 13.1 Å². The summed E-state index contributed by atoms with van der Waals surface area (Å²) < 4.78 is 1.80. The highest BCUT2D eigenvalue weighted by molar-refractivity contribution is 5.92. The Morgan fingerprint density at radius 2 is 2.31 bits per heavy atom. The number of aromatic nitrogens is 2. The van der Waals surface area contributed by atoms with E-state index in [-0.39, 0.29) is 11.9 Å². The van der Waals surface area contributed by atoms with Crippen molar-refractivity contribution in [1.82, 2.24) is 19.8 Å². The normalized spacial score (nSPS) is 25.8. The third-order valence-corrected chi connectivity index (χ3v) is 3.22. The number of amides is 1. The van der Waals surface area contributed by atoms with Gasteiger partial charge in [0.2, 0.25) is 0 Å². The van der Waals surface area contributed by atoms with Gasteiger partial charge in [-0.25, -0.2) is 4.98 Å². The number of carbonyl (C=O) groups is 1. The molecule has 2 rings (SSSR count). The molecule has 1 saturated heterocycles. The molecule has 1 aliphatic rings. The van der Waals surface area contributed by atoms with E-state index in [0.29, 0.717) is 11.7 Å². The van der Waals surface area contributed by atoms with Gasteiger partial charge in [0.05, 0.1) is 6.33 Å². The second kappa shape index (κ2) is 4.25. The lowest BCUT2D eigenvalue weighted by Gasteiger charge is -2.38. The molecule has 5 heteroatoms. The van der Waals surface area contributed by atoms with Crippen LogP contribution in [0.5, 0.6) is 0 Å². The van der Waals surface area contributed by atoms with Crippen molar-refractivity contribution in [1.29, 1.82) is 0 Å². The summed E-state index contributed by atoms with van der Waals surface area (Å²) in [6.45, 7) is 5.77. The van der Waals surface area contributed by atoms with Crippen LogP contribution >= 0.6 is 0 Å². The van der Waals surface area contributed by atoms with Crippen molar-refractivity contribution < 1.29 is 4.79 Å². The minimum Gasteiger partial charge on any atom is -0.340 e. The highest BCUT2D eigenvalue weighted by Crippen LogP contribution is 2.12. The third-order valence-electron chi connectivity index (χ3n) is 3.22. The van der Waals surface area contributed by atoms with Crippen LogP contribution in [0, 0.1) is 0 Å². The zero-order valence-electron chi connectivity index (χ0n) is 9.97. The molecule has 0 bridgehead atoms. The van der Waals surface area contributed by atoms with Crippen molar-refractivity contribution in [2.24, 2.45) is 7.05 Å². The topological polar surface area (TPSA) is 50.2 Å². The number of imidazole rings is 1. The maximum absolute atomic E-state index is 12.2. The number of carbonyl (C=O) groups excluding carboxylic acids is 1. The summed E-state index contributed by atoms with van der Waals surface area (Å²) in [5.41, 5.74) is 0.531. The van der Waals surface area contributed by atoms with Crippen LogP contribution in [0.4, 0.5) is 0 Å². The summed E-state index contributed by atoms with van der Waals surface area (Å²) >= 11 is 0. The molecule has 16 heavy (non-hydrogen) atoms. The number of piperazine rings is 1. The van der Waals surface area contributed by atoms with Crippen LogP contribution in [-0.2, 0) is 7.05 Å². The Morgan fingerprint density at radius 3 is 2.94 bits per heavy atom. The van der Waals surface area contributed by atoms with Crippen molar-refractivity contribution in [3.8, 4) is 0 Å². The van der Waals surface area contributed by atoms with E-state index in [1.165, 1.54) is 0 Å². The van der Waals surface area contributed by atoms with Crippen LogP contribution in [-0.4, -0.2) is 45.5 Å². The second-order valence-electron chi connectivity index (χ2n) is 4.41. The Labute approximate surface area is 95.5 Å². The van der Waals surface area contributed by atoms with E-state index in [4.69, 9.17) is 0 Å². The maximum atomic E-state index is 12.2. The van der Waals surface area contributed by atoms with E-state index in [9.17, 15) is 4.79 Å². The van der Waals surface area contributed by atoms with E-state index < -0.39 is 0 Å². The van der Waals surface area contributed by atoms with Crippen LogP contribution in [0.2, 0.25) is 0 Å². The predicted octanol–water partition coefficient (Wildman–Crippen LogP) is 0.242. The van der Waals surface area contributed by atoms with Gasteiger partial charge in [-0.3, -0.25) is 4.79 Å². The highest BCUT2D eigenvalue weighted by Gasteiger charge is 2.29. The number of hydrogen-bond acceptors (Lipinski definition) is 3. The minimum atomic E-state index is 0.0291. The molecule has 0 spiro atoms. The number of nitrogens with one attached hydrogen (secondary N) is 1. The van der Waals surface area contributed by atoms with Crippen molar-refractivity contribution in [2.45, 2.75) is 25.9 Å². The van der Waals surface area contributed by atoms with Gasteiger partial charge in [-0.15, -0.1) is 0 Å². The molecule has 1 aromatic heterocycles. The predicted molar refractivity (Wildman–Crippen MR) is 61.2 cm³/mol. The molecule has 1 N–H and O–H groups in total. The number of rotatable bonds is 1. The lowest BCUT2D eigenvalue weighted by molar-refractivity contribution is 0.0597. The molecule has 0 radical (unpaired) electrons. The van der Waals surface area contributed by atoms with Crippen molar-refractivity contribution in [3.63, 3.8) is 0 Å². The molecular weight excluding hydrogens is 204 g/mol. The van der Waals surface area contributed by atoms with E-state index >= 15 is 0 Å². The first-order valence-corrected chi connectivity index (χ1v) is 5.62. The summed E-state index contributed by atoms with van der Waals surface area (Å²) in [5, 5.41) is 3.35. The van der Waals surface area contributed by atoms with Gasteiger partial charge in [0, 0.05) is 38.4 Å². The zero-order valence-corrected chi connectivity index (χ0v) is 9.97. The third kappa shape index (κ3) is 1.95. The molecule has 1 aromatic rings. The lowest BCUT2D eigenvalue weighted by atomic mass is 10.1. The first kappa shape index (κ1) is 11.1. The highest BCUT2D eigenvalue weighted by atomic mass is 16.2. The standard InChI is InChI=1S/C11H18N4O/c1-8-9(2)15(5-4-12-8)11(16)10-6-14(3)7-13-10/h6-9,12H,4-5H2,1-3H3. The van der Waals surface area contributed by atoms with Gasteiger partial charge in [-0.1, -0.05) is 0 Å². The summed E-state index contributed by atoms with van der Waals surface area (Å²) in [4.78, 5) is 18.2. The van der Waals surface area contributed by atoms with Gasteiger partial charge in [-0.05, 0) is 13.8 Å². The van der Waals surface area contributed by atoms with Gasteiger partial charge < -0.3 is 14.8 Å². The molecule has 5 nitrogen and oxygen atoms in total. The van der Waals surface area contributed by atoms with Crippen LogP contribution in [0.1, 0.15) is 24.3 Å². The summed E-state index contributed by atoms with van der Waals surface area (Å²) in [6, 6.07) is 0.546. The van der Waals surface area contributed by atoms with Crippen LogP contribution in [0.15, 0.2) is 12.5 Å². The van der Waals surface area contributed by atoms with Gasteiger partial charge in [0.25, 0.3) is 5.91 Å². The van der Waals surface area contributed by atoms with Gasteiger partial charge >= 0.3 is 0 Å². The zero-order chi connectivity index (χ0) is 11.7. The fourth-order valence-corrected chi connectivity index (χ4v) is 2.01. The van der Waals surface area contributed by atoms with Gasteiger partial charge in [0.15, 0.2) is 0 Å². The summed E-state index contributed by atoms with van der Waals surface area (Å²) in [6.07, 6.45) is 3.42. The number of aryl methyl sites for hydroxylation is 1. The molecular formula is C11H18N4O. The largest absolute Gasteiger partial charge is 0.340 e. The fraction of sp³-hybridized carbons (Fsp3) is 0.636. The Morgan fingerprint density at radius 1 is 1.56 bits per heavy atom. The lowest BCUT2D eigenvalue weighted by Crippen LogP contribution is -2.57. The summed E-state index contributed by atoms with van der Waals surface area (Å²) in [5.74, 6) is 0.0291. The molecule has 2 atom stereocenters. The Bertz CT molecular complexity index is 387. The summed E-state index contributed by atoms with van der Waals surface area (Å²) in [7, 11) is 1.87. The average Bonchev–Trinajstić information content (AvgIpc) is 2.68. The molecule has 0 saturated carbocycles. The SMILES string of the molecule is CC1NCCN(C(=O)c2cn(C)cn2)C1C. The smallest absolute Gasteiger partial charge is 0.274 e. The molecule has 1 fully saturated rings. The monoisotopic (exact) mass is 222 g/mol. The van der Waals surface area contributed by atoms with Crippen LogP contribution in [0.25, 0.3) is 0 Å². The fourth-order valence-electron chi connectivity index (χ4n) is 2.01. The second-order valence-corrected chi connectivity index (χ2v) is 4.41. The molecule has 88 valence electrons. The van der Waals surface area contributed by atoms with Crippen LogP contribution < -0.4 is 5.32 Å². The molecule has 2 unspecified atom stereocenters.